The smallest absolute Gasteiger partial charge is 0.298 e. The zero-order valence-electron chi connectivity index (χ0n) is 25.2. The van der Waals surface area contributed by atoms with E-state index >= 15 is 0 Å². The molecule has 0 N–H and O–H groups in total. The van der Waals surface area contributed by atoms with Gasteiger partial charge in [-0.2, -0.15) is 0 Å². The molecule has 0 spiro atoms. The van der Waals surface area contributed by atoms with Gasteiger partial charge in [0, 0.05) is 11.5 Å². The summed E-state index contributed by atoms with van der Waals surface area (Å²) in [6.45, 7) is 15.6. The highest BCUT2D eigenvalue weighted by Crippen LogP contribution is 2.36. The van der Waals surface area contributed by atoms with Gasteiger partial charge in [-0.05, 0) is 103 Å². The van der Waals surface area contributed by atoms with Crippen molar-refractivity contribution < 1.29 is 28.5 Å². The normalized spacial score (nSPS) is 15.4. The number of aryl methyl sites for hydroxylation is 1. The fourth-order valence-corrected chi connectivity index (χ4v) is 4.32. The number of methoxy groups -OCH3 is 1. The van der Waals surface area contributed by atoms with Crippen LogP contribution in [-0.4, -0.2) is 51.7 Å². The molecule has 0 aromatic heterocycles. The maximum atomic E-state index is 11.1. The number of allylic oxidation sites excluding steroid dienone is 2. The second-order valence-corrected chi connectivity index (χ2v) is 10.1. The number of hydrogen-bond acceptors (Lipinski definition) is 7. The average molecular weight is 544 g/mol. The Morgan fingerprint density at radius 3 is 2.21 bits per heavy atom. The van der Waals surface area contributed by atoms with Crippen LogP contribution in [-0.2, 0) is 31.9 Å². The Hall–Kier alpha value is -3.06. The van der Waals surface area contributed by atoms with Gasteiger partial charge in [-0.25, -0.2) is 0 Å². The third-order valence-electron chi connectivity index (χ3n) is 6.81. The van der Waals surface area contributed by atoms with Crippen molar-refractivity contribution in [2.45, 2.75) is 73.6 Å². The van der Waals surface area contributed by atoms with Crippen LogP contribution < -0.4 is 9.47 Å². The maximum Gasteiger partial charge on any atom is 0.298 e. The first-order valence-corrected chi connectivity index (χ1v) is 14.0. The van der Waals surface area contributed by atoms with Crippen LogP contribution in [0.25, 0.3) is 0 Å². The summed E-state index contributed by atoms with van der Waals surface area (Å²) in [6, 6.07) is 3.95. The van der Waals surface area contributed by atoms with Crippen LogP contribution in [0.1, 0.15) is 71.9 Å². The molecule has 1 aromatic rings. The van der Waals surface area contributed by atoms with Gasteiger partial charge in [-0.3, -0.25) is 9.59 Å². The van der Waals surface area contributed by atoms with E-state index < -0.39 is 0 Å². The Morgan fingerprint density at radius 1 is 1.05 bits per heavy atom. The van der Waals surface area contributed by atoms with E-state index in [1.54, 1.807) is 26.2 Å². The lowest BCUT2D eigenvalue weighted by molar-refractivity contribution is -0.129. The van der Waals surface area contributed by atoms with Crippen LogP contribution in [0.4, 0.5) is 0 Å². The SMILES string of the molecule is C/C=C(/OC=O)C(=CC(COC=O)/C(C)=C/C)Oc1ccc(CCC(C)C)c(OC)c1CC.CN1CCCC1. The van der Waals surface area contributed by atoms with Crippen LogP contribution in [0.3, 0.4) is 0 Å². The van der Waals surface area contributed by atoms with Crippen molar-refractivity contribution in [1.82, 2.24) is 4.90 Å². The van der Waals surface area contributed by atoms with E-state index in [0.717, 1.165) is 35.3 Å². The van der Waals surface area contributed by atoms with Crippen molar-refractivity contribution in [3.63, 3.8) is 0 Å². The molecule has 0 amide bonds. The summed E-state index contributed by atoms with van der Waals surface area (Å²) in [4.78, 5) is 24.3. The highest BCUT2D eigenvalue weighted by molar-refractivity contribution is 5.52. The first-order valence-electron chi connectivity index (χ1n) is 14.0. The molecule has 1 aliphatic rings. The van der Waals surface area contributed by atoms with Crippen LogP contribution in [0.5, 0.6) is 11.5 Å². The maximum absolute atomic E-state index is 11.1. The van der Waals surface area contributed by atoms with Gasteiger partial charge in [0.1, 0.15) is 18.1 Å². The van der Waals surface area contributed by atoms with Crippen molar-refractivity contribution in [3.05, 3.63) is 58.6 Å². The summed E-state index contributed by atoms with van der Waals surface area (Å²) in [5.41, 5.74) is 3.06. The lowest BCUT2D eigenvalue weighted by Crippen LogP contribution is -2.13. The van der Waals surface area contributed by atoms with Crippen LogP contribution in [0, 0.1) is 11.8 Å². The molecule has 218 valence electrons. The molecule has 1 aromatic carbocycles. The Kier molecular flexibility index (Phi) is 16.6. The molecular weight excluding hydrogens is 494 g/mol. The van der Waals surface area contributed by atoms with Gasteiger partial charge in [-0.15, -0.1) is 0 Å². The molecule has 1 unspecified atom stereocenters. The average Bonchev–Trinajstić information content (AvgIpc) is 3.42. The van der Waals surface area contributed by atoms with Crippen molar-refractivity contribution in [3.8, 4) is 11.5 Å². The molecule has 0 bridgehead atoms. The predicted octanol–water partition coefficient (Wildman–Crippen LogP) is 6.65. The first-order chi connectivity index (χ1) is 18.8. The standard InChI is InChI=1S/C27H38O6.C5H11N/c1-8-20(6)22(16-31-17-28)15-26(24(10-3)32-18-29)33-25-14-13-21(12-11-19(4)5)27(30-7)23(25)9-2;1-6-4-2-3-5-6/h8,10,13-15,17-19,22H,9,11-12,16H2,1-7H3;2-5H2,1H3/b20-8+,24-10+,26-15?;. The second kappa shape index (κ2) is 19.1. The first kappa shape index (κ1) is 34.0. The van der Waals surface area contributed by atoms with Crippen molar-refractivity contribution in [2.24, 2.45) is 11.8 Å². The van der Waals surface area contributed by atoms with Crippen molar-refractivity contribution >= 4 is 12.9 Å². The highest BCUT2D eigenvalue weighted by atomic mass is 16.6. The highest BCUT2D eigenvalue weighted by Gasteiger charge is 2.20. The number of likely N-dealkylation sites (tertiary alicyclic amines) is 1. The zero-order chi connectivity index (χ0) is 29.2. The Labute approximate surface area is 235 Å². The van der Waals surface area contributed by atoms with Crippen molar-refractivity contribution in [2.75, 3.05) is 33.9 Å². The van der Waals surface area contributed by atoms with Gasteiger partial charge >= 0.3 is 0 Å². The lowest BCUT2D eigenvalue weighted by atomic mass is 9.98. The summed E-state index contributed by atoms with van der Waals surface area (Å²) in [7, 11) is 3.84. The molecule has 1 fully saturated rings. The van der Waals surface area contributed by atoms with Gasteiger partial charge in [-0.1, -0.05) is 38.5 Å². The minimum Gasteiger partial charge on any atom is -0.496 e. The molecule has 0 saturated carbocycles. The van der Waals surface area contributed by atoms with E-state index in [0.29, 0.717) is 36.8 Å². The molecule has 2 rings (SSSR count). The quantitative estimate of drug-likeness (QED) is 0.106. The molecule has 0 radical (unpaired) electrons. The zero-order valence-corrected chi connectivity index (χ0v) is 25.2. The minimum absolute atomic E-state index is 0.142. The molecule has 1 heterocycles. The summed E-state index contributed by atoms with van der Waals surface area (Å²) in [6.07, 6.45) is 10.9. The Balaban J connectivity index is 0.00000111. The van der Waals surface area contributed by atoms with Gasteiger partial charge in [0.05, 0.1) is 7.11 Å². The van der Waals surface area contributed by atoms with E-state index in [4.69, 9.17) is 18.9 Å². The van der Waals surface area contributed by atoms with Crippen molar-refractivity contribution in [1.29, 1.82) is 0 Å². The van der Waals surface area contributed by atoms with Crippen LogP contribution in [0.2, 0.25) is 0 Å². The van der Waals surface area contributed by atoms with E-state index in [9.17, 15) is 9.59 Å². The van der Waals surface area contributed by atoms with Gasteiger partial charge in [0.15, 0.2) is 11.5 Å². The molecule has 1 atom stereocenters. The summed E-state index contributed by atoms with van der Waals surface area (Å²) < 4.78 is 22.3. The fraction of sp³-hybridized carbons (Fsp3) is 0.562. The summed E-state index contributed by atoms with van der Waals surface area (Å²) in [5, 5.41) is 0. The number of ether oxygens (including phenoxy) is 4. The van der Waals surface area contributed by atoms with Crippen LogP contribution in [0.15, 0.2) is 47.5 Å². The summed E-state index contributed by atoms with van der Waals surface area (Å²) in [5.74, 6) is 2.41. The Bertz CT molecular complexity index is 973. The molecule has 1 saturated heterocycles. The third-order valence-corrected chi connectivity index (χ3v) is 6.81. The number of carbonyl (C=O) groups excluding carboxylic acids is 2. The van der Waals surface area contributed by atoms with E-state index in [2.05, 4.69) is 25.8 Å². The molecule has 39 heavy (non-hydrogen) atoms. The largest absolute Gasteiger partial charge is 0.496 e. The number of rotatable bonds is 15. The van der Waals surface area contributed by atoms with Gasteiger partial charge < -0.3 is 23.8 Å². The minimum atomic E-state index is -0.252. The summed E-state index contributed by atoms with van der Waals surface area (Å²) >= 11 is 0. The predicted molar refractivity (Wildman–Crippen MR) is 157 cm³/mol. The van der Waals surface area contributed by atoms with E-state index in [-0.39, 0.29) is 18.3 Å². The van der Waals surface area contributed by atoms with Crippen LogP contribution >= 0.6 is 0 Å². The van der Waals surface area contributed by atoms with E-state index in [1.165, 1.54) is 25.9 Å². The number of benzene rings is 1. The lowest BCUT2D eigenvalue weighted by Gasteiger charge is -2.21. The molecule has 1 aliphatic heterocycles. The van der Waals surface area contributed by atoms with E-state index in [1.807, 2.05) is 39.0 Å². The topological polar surface area (TPSA) is 74.3 Å². The molecular formula is C32H49NO6. The number of hydrogen-bond donors (Lipinski definition) is 0. The van der Waals surface area contributed by atoms with Gasteiger partial charge in [0.2, 0.25) is 0 Å². The number of carbonyl (C=O) groups is 2. The number of nitrogens with zero attached hydrogens (tertiary/aromatic N) is 1. The second-order valence-electron chi connectivity index (χ2n) is 10.1. The molecule has 7 heteroatoms. The Morgan fingerprint density at radius 2 is 1.74 bits per heavy atom. The van der Waals surface area contributed by atoms with Gasteiger partial charge in [0.25, 0.3) is 12.9 Å². The fourth-order valence-electron chi connectivity index (χ4n) is 4.32. The molecule has 0 aliphatic carbocycles. The molecule has 7 nitrogen and oxygen atoms in total. The monoisotopic (exact) mass is 543 g/mol. The third kappa shape index (κ3) is 11.7.